The van der Waals surface area contributed by atoms with Crippen molar-refractivity contribution >= 4 is 17.9 Å². The van der Waals surface area contributed by atoms with Crippen LogP contribution >= 0.6 is 0 Å². The van der Waals surface area contributed by atoms with E-state index < -0.39 is 6.10 Å². The van der Waals surface area contributed by atoms with Crippen molar-refractivity contribution in [3.63, 3.8) is 0 Å². The lowest BCUT2D eigenvalue weighted by molar-refractivity contribution is -0.167. The molecule has 0 aliphatic carbocycles. The minimum Gasteiger partial charge on any atom is -0.462 e. The Morgan fingerprint density at radius 1 is 0.292 bits per heavy atom. The number of carbonyl (C=O) groups excluding carboxylic acids is 3. The highest BCUT2D eigenvalue weighted by atomic mass is 16.6. The molecule has 1 atom stereocenters. The van der Waals surface area contributed by atoms with Gasteiger partial charge in [0, 0.05) is 19.3 Å². The maximum absolute atomic E-state index is 12.8. The third kappa shape index (κ3) is 53.0. The van der Waals surface area contributed by atoms with E-state index >= 15 is 0 Å². The second kappa shape index (κ2) is 54.8. The Kier molecular flexibility index (Phi) is 53.2. The van der Waals surface area contributed by atoms with Gasteiger partial charge < -0.3 is 14.2 Å². The highest BCUT2D eigenvalue weighted by Crippen LogP contribution is 2.17. The maximum atomic E-state index is 12.8. The molecule has 0 aromatic heterocycles. The number of rotatable bonds is 54. The van der Waals surface area contributed by atoms with Crippen molar-refractivity contribution in [2.24, 2.45) is 0 Å². The molecular weight excluding hydrogens is 805 g/mol. The third-order valence-electron chi connectivity index (χ3n) is 13.3. The summed E-state index contributed by atoms with van der Waals surface area (Å²) in [5.74, 6) is -0.842. The van der Waals surface area contributed by atoms with Gasteiger partial charge in [-0.2, -0.15) is 0 Å². The van der Waals surface area contributed by atoms with E-state index in [0.29, 0.717) is 19.3 Å². The van der Waals surface area contributed by atoms with Gasteiger partial charge in [0.25, 0.3) is 0 Å². The lowest BCUT2D eigenvalue weighted by Crippen LogP contribution is -2.30. The molecule has 0 bridgehead atoms. The van der Waals surface area contributed by atoms with Crippen LogP contribution in [0.4, 0.5) is 0 Å². The number of ether oxygens (including phenoxy) is 3. The lowest BCUT2D eigenvalue weighted by atomic mass is 10.0. The number of unbranched alkanes of at least 4 members (excludes halogenated alkanes) is 41. The van der Waals surface area contributed by atoms with Gasteiger partial charge in [0.2, 0.25) is 0 Å². The first-order chi connectivity index (χ1) is 32.0. The predicted molar refractivity (Wildman–Crippen MR) is 280 cm³/mol. The van der Waals surface area contributed by atoms with Gasteiger partial charge in [0.15, 0.2) is 6.10 Å². The first-order valence-corrected chi connectivity index (χ1v) is 29.2. The Bertz CT molecular complexity index is 1010. The molecule has 0 aromatic carbocycles. The summed E-state index contributed by atoms with van der Waals surface area (Å²) in [6, 6.07) is 0. The van der Waals surface area contributed by atoms with Crippen LogP contribution in [0.15, 0.2) is 12.2 Å². The van der Waals surface area contributed by atoms with E-state index in [1.165, 1.54) is 231 Å². The van der Waals surface area contributed by atoms with Crippen molar-refractivity contribution in [2.45, 2.75) is 335 Å². The largest absolute Gasteiger partial charge is 0.462 e. The minimum absolute atomic E-state index is 0.0643. The second-order valence-corrected chi connectivity index (χ2v) is 19.9. The van der Waals surface area contributed by atoms with Gasteiger partial charge in [-0.1, -0.05) is 277 Å². The fourth-order valence-corrected chi connectivity index (χ4v) is 8.85. The highest BCUT2D eigenvalue weighted by molar-refractivity contribution is 5.71. The van der Waals surface area contributed by atoms with Gasteiger partial charge in [-0.3, -0.25) is 14.4 Å². The van der Waals surface area contributed by atoms with Crippen LogP contribution in [-0.2, 0) is 28.6 Å². The molecule has 0 N–H and O–H groups in total. The van der Waals surface area contributed by atoms with Gasteiger partial charge in [0.1, 0.15) is 13.2 Å². The fourth-order valence-electron chi connectivity index (χ4n) is 8.85. The molecule has 65 heavy (non-hydrogen) atoms. The number of hydrogen-bond acceptors (Lipinski definition) is 6. The average Bonchev–Trinajstić information content (AvgIpc) is 3.30. The summed E-state index contributed by atoms with van der Waals surface area (Å²) >= 11 is 0. The van der Waals surface area contributed by atoms with Crippen molar-refractivity contribution in [1.82, 2.24) is 0 Å². The Hall–Kier alpha value is -1.85. The van der Waals surface area contributed by atoms with Gasteiger partial charge in [-0.25, -0.2) is 0 Å². The Labute approximate surface area is 405 Å². The topological polar surface area (TPSA) is 78.9 Å². The molecule has 0 amide bonds. The Balaban J connectivity index is 4.28. The van der Waals surface area contributed by atoms with E-state index in [-0.39, 0.29) is 31.1 Å². The number of esters is 3. The van der Waals surface area contributed by atoms with Crippen molar-refractivity contribution in [3.05, 3.63) is 12.2 Å². The molecule has 0 rings (SSSR count). The zero-order valence-electron chi connectivity index (χ0n) is 44.0. The van der Waals surface area contributed by atoms with Crippen molar-refractivity contribution in [1.29, 1.82) is 0 Å². The number of carbonyl (C=O) groups is 3. The predicted octanol–water partition coefficient (Wildman–Crippen LogP) is 19.3. The van der Waals surface area contributed by atoms with Crippen LogP contribution in [-0.4, -0.2) is 37.2 Å². The van der Waals surface area contributed by atoms with E-state index in [0.717, 1.165) is 57.8 Å². The second-order valence-electron chi connectivity index (χ2n) is 19.9. The smallest absolute Gasteiger partial charge is 0.306 e. The standard InChI is InChI=1S/C59H112O6/c1-4-7-10-13-16-19-22-25-27-28-29-30-32-35-37-40-43-46-49-52-58(61)64-55-56(65-59(62)53-50-47-44-41-38-33-24-21-18-15-12-9-6-3)54-63-57(60)51-48-45-42-39-36-34-31-26-23-20-17-14-11-8-5-2/h25,27,56H,4-24,26,28-55H2,1-3H3/b27-25-/t56-/m0/s1. The molecule has 6 heteroatoms. The molecule has 0 fully saturated rings. The van der Waals surface area contributed by atoms with Crippen LogP contribution < -0.4 is 0 Å². The first-order valence-electron chi connectivity index (χ1n) is 29.2. The minimum atomic E-state index is -0.764. The molecule has 0 saturated carbocycles. The van der Waals surface area contributed by atoms with Crippen LogP contribution in [0.3, 0.4) is 0 Å². The summed E-state index contributed by atoms with van der Waals surface area (Å²) in [6.07, 6.45) is 62.0. The molecule has 6 nitrogen and oxygen atoms in total. The summed E-state index contributed by atoms with van der Waals surface area (Å²) < 4.78 is 16.9. The normalized spacial score (nSPS) is 12.0. The van der Waals surface area contributed by atoms with E-state index in [2.05, 4.69) is 32.9 Å². The molecule has 0 heterocycles. The van der Waals surface area contributed by atoms with Crippen molar-refractivity contribution in [2.75, 3.05) is 13.2 Å². The molecule has 0 aliphatic heterocycles. The summed E-state index contributed by atoms with van der Waals surface area (Å²) in [5.41, 5.74) is 0. The van der Waals surface area contributed by atoms with Gasteiger partial charge >= 0.3 is 17.9 Å². The van der Waals surface area contributed by atoms with E-state index in [1.54, 1.807) is 0 Å². The molecular formula is C59H112O6. The van der Waals surface area contributed by atoms with E-state index in [4.69, 9.17) is 14.2 Å². The summed E-state index contributed by atoms with van der Waals surface area (Å²) in [6.45, 7) is 6.69. The van der Waals surface area contributed by atoms with Crippen molar-refractivity contribution < 1.29 is 28.6 Å². The maximum Gasteiger partial charge on any atom is 0.306 e. The van der Waals surface area contributed by atoms with E-state index in [1.807, 2.05) is 0 Å². The molecule has 0 saturated heterocycles. The number of hydrogen-bond donors (Lipinski definition) is 0. The molecule has 0 radical (unpaired) electrons. The Morgan fingerprint density at radius 2 is 0.508 bits per heavy atom. The summed E-state index contributed by atoms with van der Waals surface area (Å²) in [7, 11) is 0. The zero-order chi connectivity index (χ0) is 47.2. The van der Waals surface area contributed by atoms with Crippen molar-refractivity contribution in [3.8, 4) is 0 Å². The van der Waals surface area contributed by atoms with Gasteiger partial charge in [0.05, 0.1) is 0 Å². The van der Waals surface area contributed by atoms with E-state index in [9.17, 15) is 14.4 Å². The fraction of sp³-hybridized carbons (Fsp3) is 0.915. The van der Waals surface area contributed by atoms with Gasteiger partial charge in [-0.15, -0.1) is 0 Å². The molecule has 0 aromatic rings. The summed E-state index contributed by atoms with van der Waals surface area (Å²) in [5, 5.41) is 0. The Morgan fingerprint density at radius 3 is 0.769 bits per heavy atom. The van der Waals surface area contributed by atoms with Crippen LogP contribution in [0.1, 0.15) is 329 Å². The quantitative estimate of drug-likeness (QED) is 0.0262. The number of allylic oxidation sites excluding steroid dienone is 2. The molecule has 384 valence electrons. The first kappa shape index (κ1) is 63.1. The monoisotopic (exact) mass is 917 g/mol. The van der Waals surface area contributed by atoms with Crippen LogP contribution in [0.25, 0.3) is 0 Å². The molecule has 0 unspecified atom stereocenters. The highest BCUT2D eigenvalue weighted by Gasteiger charge is 2.19. The summed E-state index contributed by atoms with van der Waals surface area (Å²) in [4.78, 5) is 38.1. The van der Waals surface area contributed by atoms with Crippen LogP contribution in [0.2, 0.25) is 0 Å². The van der Waals surface area contributed by atoms with Crippen LogP contribution in [0, 0.1) is 0 Å². The SMILES string of the molecule is CCCCCCCC/C=C\CCCCCCCCCCCC(=O)OC[C@H](COC(=O)CCCCCCCCCCCCCCCCC)OC(=O)CCCCCCCCCCCCCCC. The average molecular weight is 918 g/mol. The molecule has 0 aliphatic rings. The van der Waals surface area contributed by atoms with Gasteiger partial charge in [-0.05, 0) is 44.9 Å². The molecule has 0 spiro atoms. The lowest BCUT2D eigenvalue weighted by Gasteiger charge is -2.18. The zero-order valence-corrected chi connectivity index (χ0v) is 44.0. The third-order valence-corrected chi connectivity index (χ3v) is 13.3. The van der Waals surface area contributed by atoms with Crippen LogP contribution in [0.5, 0.6) is 0 Å².